The largest absolute Gasteiger partial charge is 0.352 e. The van der Waals surface area contributed by atoms with Crippen molar-refractivity contribution in [3.05, 3.63) is 35.9 Å². The minimum absolute atomic E-state index is 0.119. The zero-order chi connectivity index (χ0) is 15.8. The van der Waals surface area contributed by atoms with Crippen molar-refractivity contribution in [1.82, 2.24) is 10.6 Å². The van der Waals surface area contributed by atoms with Crippen LogP contribution in [0.5, 0.6) is 0 Å². The number of hydrogen-bond donors (Lipinski definition) is 2. The van der Waals surface area contributed by atoms with E-state index in [1.54, 1.807) is 0 Å². The van der Waals surface area contributed by atoms with E-state index in [-0.39, 0.29) is 23.5 Å². The fourth-order valence-electron chi connectivity index (χ4n) is 1.99. The number of hydrogen-bond acceptors (Lipinski definition) is 4. The molecule has 1 aromatic carbocycles. The molecule has 6 heteroatoms. The molecule has 1 unspecified atom stereocenters. The molecule has 2 N–H and O–H groups in total. The van der Waals surface area contributed by atoms with Crippen molar-refractivity contribution in [3.8, 4) is 0 Å². The van der Waals surface area contributed by atoms with Crippen LogP contribution in [0.3, 0.4) is 0 Å². The van der Waals surface area contributed by atoms with Crippen LogP contribution < -0.4 is 10.6 Å². The number of nitrogens with zero attached hydrogens (tertiary/aromatic N) is 1. The molecule has 0 saturated carbocycles. The molecule has 1 aliphatic heterocycles. The molecular weight excluding hydrogens is 298 g/mol. The molecule has 5 nitrogen and oxygen atoms in total. The lowest BCUT2D eigenvalue weighted by Crippen LogP contribution is -2.31. The molecule has 1 atom stereocenters. The fraction of sp³-hybridized carbons (Fsp3) is 0.438. The molecule has 2 amide bonds. The summed E-state index contributed by atoms with van der Waals surface area (Å²) in [7, 11) is 0. The van der Waals surface area contributed by atoms with Crippen molar-refractivity contribution in [2.24, 2.45) is 4.99 Å². The van der Waals surface area contributed by atoms with Gasteiger partial charge >= 0.3 is 0 Å². The molecule has 2 rings (SSSR count). The van der Waals surface area contributed by atoms with Gasteiger partial charge in [-0.15, -0.1) is 0 Å². The second-order valence-electron chi connectivity index (χ2n) is 5.10. The van der Waals surface area contributed by atoms with E-state index in [9.17, 15) is 9.59 Å². The molecule has 1 aromatic rings. The number of unbranched alkanes of at least 4 members (excludes halogenated alkanes) is 1. The average Bonchev–Trinajstić information content (AvgIpc) is 2.86. The Hall–Kier alpha value is -1.82. The van der Waals surface area contributed by atoms with E-state index in [0.717, 1.165) is 18.4 Å². The topological polar surface area (TPSA) is 70.6 Å². The first kappa shape index (κ1) is 16.5. The zero-order valence-electron chi connectivity index (χ0n) is 12.7. The maximum Gasteiger partial charge on any atom is 0.240 e. The SMILES string of the molecule is CCCCN=C1NC(=O)C(CC(=O)NCc2ccccc2)S1. The Bertz CT molecular complexity index is 546. The van der Waals surface area contributed by atoms with Crippen molar-refractivity contribution >= 4 is 28.7 Å². The van der Waals surface area contributed by atoms with Gasteiger partial charge in [0.05, 0.1) is 0 Å². The number of carbonyl (C=O) groups excluding carboxylic acids is 2. The predicted molar refractivity (Wildman–Crippen MR) is 89.6 cm³/mol. The highest BCUT2D eigenvalue weighted by Crippen LogP contribution is 2.22. The third-order valence-electron chi connectivity index (χ3n) is 3.25. The molecule has 22 heavy (non-hydrogen) atoms. The lowest BCUT2D eigenvalue weighted by molar-refractivity contribution is -0.125. The smallest absolute Gasteiger partial charge is 0.240 e. The second kappa shape index (κ2) is 8.58. The van der Waals surface area contributed by atoms with E-state index in [1.165, 1.54) is 11.8 Å². The van der Waals surface area contributed by atoms with E-state index < -0.39 is 0 Å². The molecule has 0 spiro atoms. The van der Waals surface area contributed by atoms with E-state index in [1.807, 2.05) is 30.3 Å². The number of amidine groups is 1. The summed E-state index contributed by atoms with van der Waals surface area (Å²) >= 11 is 1.35. The third kappa shape index (κ3) is 5.18. The van der Waals surface area contributed by atoms with E-state index in [0.29, 0.717) is 18.3 Å². The van der Waals surface area contributed by atoms with Gasteiger partial charge in [0.2, 0.25) is 11.8 Å². The summed E-state index contributed by atoms with van der Waals surface area (Å²) in [4.78, 5) is 28.1. The predicted octanol–water partition coefficient (Wildman–Crippen LogP) is 2.08. The Kier molecular flexibility index (Phi) is 6.45. The summed E-state index contributed by atoms with van der Waals surface area (Å²) in [6, 6.07) is 9.71. The van der Waals surface area contributed by atoms with Gasteiger partial charge in [-0.3, -0.25) is 14.6 Å². The van der Waals surface area contributed by atoms with Crippen LogP contribution >= 0.6 is 11.8 Å². The number of thioether (sulfide) groups is 1. The van der Waals surface area contributed by atoms with Crippen LogP contribution in [0, 0.1) is 0 Å². The van der Waals surface area contributed by atoms with Crippen molar-refractivity contribution in [2.75, 3.05) is 6.54 Å². The first-order chi connectivity index (χ1) is 10.7. The van der Waals surface area contributed by atoms with Crippen LogP contribution in [0.2, 0.25) is 0 Å². The molecule has 118 valence electrons. The summed E-state index contributed by atoms with van der Waals surface area (Å²) in [5, 5.41) is 5.84. The summed E-state index contributed by atoms with van der Waals surface area (Å²) in [5.74, 6) is -0.249. The highest BCUT2D eigenvalue weighted by molar-refractivity contribution is 8.15. The van der Waals surface area contributed by atoms with Gasteiger partial charge in [-0.1, -0.05) is 55.4 Å². The van der Waals surface area contributed by atoms with Crippen molar-refractivity contribution < 1.29 is 9.59 Å². The highest BCUT2D eigenvalue weighted by Gasteiger charge is 2.31. The van der Waals surface area contributed by atoms with Crippen LogP contribution in [0.15, 0.2) is 35.3 Å². The molecule has 1 fully saturated rings. The quantitative estimate of drug-likeness (QED) is 0.756. The molecule has 1 saturated heterocycles. The van der Waals surface area contributed by atoms with Crippen LogP contribution in [-0.4, -0.2) is 28.8 Å². The van der Waals surface area contributed by atoms with Crippen molar-refractivity contribution in [2.45, 2.75) is 38.0 Å². The minimum atomic E-state index is -0.379. The van der Waals surface area contributed by atoms with Gasteiger partial charge in [-0.25, -0.2) is 0 Å². The summed E-state index contributed by atoms with van der Waals surface area (Å²) in [5.41, 5.74) is 1.04. The van der Waals surface area contributed by atoms with E-state index in [2.05, 4.69) is 22.5 Å². The first-order valence-electron chi connectivity index (χ1n) is 7.51. The standard InChI is InChI=1S/C16H21N3O2S/c1-2-3-9-17-16-19-15(21)13(22-16)10-14(20)18-11-12-7-5-4-6-8-12/h4-8,13H,2-3,9-11H2,1H3,(H,18,20)(H,17,19,21). The number of carbonyl (C=O) groups is 2. The van der Waals surface area contributed by atoms with Crippen LogP contribution in [0.25, 0.3) is 0 Å². The van der Waals surface area contributed by atoms with Gasteiger partial charge < -0.3 is 10.6 Å². The summed E-state index contributed by atoms with van der Waals surface area (Å²) < 4.78 is 0. The summed E-state index contributed by atoms with van der Waals surface area (Å²) in [6.45, 7) is 3.29. The first-order valence-corrected chi connectivity index (χ1v) is 8.39. The number of nitrogens with one attached hydrogen (secondary N) is 2. The van der Waals surface area contributed by atoms with Gasteiger partial charge in [-0.05, 0) is 12.0 Å². The molecule has 1 heterocycles. The van der Waals surface area contributed by atoms with Crippen molar-refractivity contribution in [3.63, 3.8) is 0 Å². The van der Waals surface area contributed by atoms with Crippen molar-refractivity contribution in [1.29, 1.82) is 0 Å². The Morgan fingerprint density at radius 2 is 2.14 bits per heavy atom. The van der Waals surface area contributed by atoms with Gasteiger partial charge in [0, 0.05) is 19.5 Å². The maximum atomic E-state index is 11.9. The molecular formula is C16H21N3O2S. The minimum Gasteiger partial charge on any atom is -0.352 e. The molecule has 0 aromatic heterocycles. The van der Waals surface area contributed by atoms with Gasteiger partial charge in [-0.2, -0.15) is 0 Å². The number of aliphatic imine (C=N–C) groups is 1. The van der Waals surface area contributed by atoms with E-state index >= 15 is 0 Å². The zero-order valence-corrected chi connectivity index (χ0v) is 13.5. The van der Waals surface area contributed by atoms with Crippen LogP contribution in [0.4, 0.5) is 0 Å². The second-order valence-corrected chi connectivity index (χ2v) is 6.29. The number of benzene rings is 1. The number of amides is 2. The van der Waals surface area contributed by atoms with Crippen LogP contribution in [0.1, 0.15) is 31.7 Å². The van der Waals surface area contributed by atoms with Gasteiger partial charge in [0.15, 0.2) is 5.17 Å². The Labute approximate surface area is 135 Å². The monoisotopic (exact) mass is 319 g/mol. The molecule has 0 aliphatic carbocycles. The Balaban J connectivity index is 1.77. The van der Waals surface area contributed by atoms with Gasteiger partial charge in [0.1, 0.15) is 5.25 Å². The van der Waals surface area contributed by atoms with Gasteiger partial charge in [0.25, 0.3) is 0 Å². The lowest BCUT2D eigenvalue weighted by atomic mass is 10.2. The normalized spacial score (nSPS) is 19.2. The molecule has 1 aliphatic rings. The highest BCUT2D eigenvalue weighted by atomic mass is 32.2. The van der Waals surface area contributed by atoms with E-state index in [4.69, 9.17) is 0 Å². The Morgan fingerprint density at radius 3 is 2.86 bits per heavy atom. The average molecular weight is 319 g/mol. The molecule has 0 bridgehead atoms. The molecule has 0 radical (unpaired) electrons. The van der Waals surface area contributed by atoms with Crippen LogP contribution in [-0.2, 0) is 16.1 Å². The third-order valence-corrected chi connectivity index (χ3v) is 4.37. The maximum absolute atomic E-state index is 11.9. The summed E-state index contributed by atoms with van der Waals surface area (Å²) in [6.07, 6.45) is 2.25. The Morgan fingerprint density at radius 1 is 1.36 bits per heavy atom. The number of rotatable bonds is 7. The lowest BCUT2D eigenvalue weighted by Gasteiger charge is -2.07. The fourth-order valence-corrected chi connectivity index (χ4v) is 2.99.